The van der Waals surface area contributed by atoms with E-state index in [1.54, 1.807) is 4.68 Å². The number of rotatable bonds is 7. The van der Waals surface area contributed by atoms with E-state index in [0.717, 1.165) is 17.4 Å². The Hall–Kier alpha value is -1.29. The summed E-state index contributed by atoms with van der Waals surface area (Å²) in [4.78, 5) is 2.21. The molecule has 2 heterocycles. The number of aromatic nitrogens is 2. The number of anilines is 2. The van der Waals surface area contributed by atoms with Gasteiger partial charge in [0.2, 0.25) is 5.13 Å². The number of hydrogen-bond donors (Lipinski definition) is 1. The summed E-state index contributed by atoms with van der Waals surface area (Å²) in [6.45, 7) is 9.79. The van der Waals surface area contributed by atoms with E-state index in [1.807, 2.05) is 12.1 Å². The van der Waals surface area contributed by atoms with E-state index < -0.39 is 9.84 Å². The first-order valence-electron chi connectivity index (χ1n) is 9.50. The highest BCUT2D eigenvalue weighted by Gasteiger charge is 2.32. The Labute approximate surface area is 176 Å². The summed E-state index contributed by atoms with van der Waals surface area (Å²) >= 11 is 6.97. The zero-order chi connectivity index (χ0) is 20.5. The summed E-state index contributed by atoms with van der Waals surface area (Å²) in [6.07, 6.45) is 0.681. The summed E-state index contributed by atoms with van der Waals surface area (Å²) in [5, 5.41) is 8.79. The van der Waals surface area contributed by atoms with E-state index in [-0.39, 0.29) is 17.5 Å². The lowest BCUT2D eigenvalue weighted by Gasteiger charge is -2.29. The second-order valence-electron chi connectivity index (χ2n) is 7.91. The zero-order valence-electron chi connectivity index (χ0n) is 16.8. The molecule has 1 atom stereocenters. The van der Waals surface area contributed by atoms with Gasteiger partial charge >= 0.3 is 0 Å². The molecule has 1 N–H and O–H groups in total. The molecule has 0 amide bonds. The quantitative estimate of drug-likeness (QED) is 0.653. The third-order valence-electron chi connectivity index (χ3n) is 5.09. The molecule has 1 saturated heterocycles. The summed E-state index contributed by atoms with van der Waals surface area (Å²) in [7, 11) is -2.93. The monoisotopic (exact) mass is 440 g/mol. The number of hydrogen-bond acceptors (Lipinski definition) is 7. The van der Waals surface area contributed by atoms with Gasteiger partial charge in [-0.25, -0.2) is 13.1 Å². The Morgan fingerprint density at radius 3 is 2.79 bits per heavy atom. The van der Waals surface area contributed by atoms with Gasteiger partial charge in [0, 0.05) is 18.3 Å². The van der Waals surface area contributed by atoms with Crippen molar-refractivity contribution >= 4 is 44.2 Å². The van der Waals surface area contributed by atoms with Crippen molar-refractivity contribution in [2.75, 3.05) is 23.4 Å². The molecular formula is C19H28N4O2S3. The molecule has 0 aliphatic carbocycles. The lowest BCUT2D eigenvalue weighted by Crippen LogP contribution is -2.40. The lowest BCUT2D eigenvalue weighted by atomic mass is 10.1. The topological polar surface area (TPSA) is 67.2 Å². The minimum absolute atomic E-state index is 0.0337. The first-order chi connectivity index (χ1) is 13.1. The van der Waals surface area contributed by atoms with Crippen molar-refractivity contribution < 1.29 is 8.42 Å². The van der Waals surface area contributed by atoms with Crippen LogP contribution in [-0.4, -0.2) is 47.2 Å². The van der Waals surface area contributed by atoms with Crippen LogP contribution < -0.4 is 5.32 Å². The molecule has 1 aliphatic rings. The van der Waals surface area contributed by atoms with Crippen LogP contribution in [0.2, 0.25) is 0 Å². The van der Waals surface area contributed by atoms with Gasteiger partial charge in [0.15, 0.2) is 13.8 Å². The molecule has 2 aromatic rings. The van der Waals surface area contributed by atoms with Crippen molar-refractivity contribution in [3.63, 3.8) is 0 Å². The second kappa shape index (κ2) is 8.61. The van der Waals surface area contributed by atoms with Crippen molar-refractivity contribution in [1.82, 2.24) is 14.7 Å². The van der Waals surface area contributed by atoms with Gasteiger partial charge in [-0.1, -0.05) is 37.3 Å². The van der Waals surface area contributed by atoms with Crippen molar-refractivity contribution in [2.24, 2.45) is 5.92 Å². The van der Waals surface area contributed by atoms with Crippen LogP contribution in [0, 0.1) is 23.7 Å². The Kier molecular flexibility index (Phi) is 6.58. The summed E-state index contributed by atoms with van der Waals surface area (Å²) in [5.74, 6) is 0.933. The molecule has 3 rings (SSSR count). The lowest BCUT2D eigenvalue weighted by molar-refractivity contribution is 0.138. The fraction of sp³-hybridized carbons (Fsp3) is 0.579. The Morgan fingerprint density at radius 1 is 1.39 bits per heavy atom. The molecule has 6 nitrogen and oxygen atoms in total. The smallest absolute Gasteiger partial charge is 0.209 e. The van der Waals surface area contributed by atoms with Gasteiger partial charge < -0.3 is 5.32 Å². The Balaban J connectivity index is 1.79. The average molecular weight is 441 g/mol. The molecular weight excluding hydrogens is 412 g/mol. The highest BCUT2D eigenvalue weighted by Crippen LogP contribution is 2.26. The van der Waals surface area contributed by atoms with E-state index in [2.05, 4.69) is 49.1 Å². The van der Waals surface area contributed by atoms with Crippen LogP contribution in [0.15, 0.2) is 18.2 Å². The summed E-state index contributed by atoms with van der Waals surface area (Å²) in [5.41, 5.74) is 3.43. The fourth-order valence-electron chi connectivity index (χ4n) is 3.47. The number of aryl methyl sites for hydroxylation is 1. The molecule has 1 aromatic carbocycles. The third-order valence-corrected chi connectivity index (χ3v) is 8.07. The van der Waals surface area contributed by atoms with Crippen LogP contribution in [0.25, 0.3) is 0 Å². The van der Waals surface area contributed by atoms with Crippen LogP contribution in [0.1, 0.15) is 31.4 Å². The molecule has 1 fully saturated rings. The van der Waals surface area contributed by atoms with Crippen LogP contribution in [-0.2, 0) is 16.5 Å². The molecule has 1 aliphatic heterocycles. The maximum atomic E-state index is 11.9. The van der Waals surface area contributed by atoms with Gasteiger partial charge in [-0.2, -0.15) is 0 Å². The van der Waals surface area contributed by atoms with Crippen LogP contribution in [0.4, 0.5) is 10.8 Å². The minimum atomic E-state index is -2.93. The average Bonchev–Trinajstić information content (AvgIpc) is 3.13. The first-order valence-corrected chi connectivity index (χ1v) is 12.5. The zero-order valence-corrected chi connectivity index (χ0v) is 19.3. The van der Waals surface area contributed by atoms with E-state index in [1.165, 1.54) is 22.5 Å². The second-order valence-corrected chi connectivity index (χ2v) is 11.8. The van der Waals surface area contributed by atoms with Gasteiger partial charge in [-0.05, 0) is 55.6 Å². The van der Waals surface area contributed by atoms with Crippen LogP contribution >= 0.6 is 23.6 Å². The Morgan fingerprint density at radius 2 is 2.14 bits per heavy atom. The number of sulfone groups is 1. The largest absolute Gasteiger partial charge is 0.330 e. The van der Waals surface area contributed by atoms with Crippen molar-refractivity contribution in [3.05, 3.63) is 33.3 Å². The van der Waals surface area contributed by atoms with Gasteiger partial charge in [0.05, 0.1) is 18.2 Å². The Bertz CT molecular complexity index is 995. The summed E-state index contributed by atoms with van der Waals surface area (Å²) in [6, 6.07) is 6.17. The van der Waals surface area contributed by atoms with E-state index in [0.29, 0.717) is 23.0 Å². The standard InChI is InChI=1S/C19H28N4O2S3/c1-13(2)10-22(16-8-9-28(24,25)11-16)12-23-19(26)27-18(21-23)20-17-7-5-6-14(3)15(17)4/h5-7,13,16H,8-12H2,1-4H3,(H,20,21)/t16-/m0/s1. The predicted octanol–water partition coefficient (Wildman–Crippen LogP) is 4.14. The van der Waals surface area contributed by atoms with E-state index in [9.17, 15) is 8.42 Å². The van der Waals surface area contributed by atoms with Crippen LogP contribution in [0.5, 0.6) is 0 Å². The molecule has 0 saturated carbocycles. The normalized spacial score (nSPS) is 18.9. The molecule has 0 unspecified atom stereocenters. The minimum Gasteiger partial charge on any atom is -0.330 e. The molecule has 0 radical (unpaired) electrons. The molecule has 0 bridgehead atoms. The molecule has 154 valence electrons. The molecule has 9 heteroatoms. The highest BCUT2D eigenvalue weighted by molar-refractivity contribution is 7.91. The number of nitrogens with one attached hydrogen (secondary N) is 1. The van der Waals surface area contributed by atoms with Gasteiger partial charge in [0.25, 0.3) is 0 Å². The predicted molar refractivity (Wildman–Crippen MR) is 119 cm³/mol. The summed E-state index contributed by atoms with van der Waals surface area (Å²) < 4.78 is 26.4. The molecule has 1 aromatic heterocycles. The van der Waals surface area contributed by atoms with E-state index in [4.69, 9.17) is 12.2 Å². The SMILES string of the molecule is Cc1cccc(Nc2nn(CN(CC(C)C)[C@H]3CCS(=O)(=O)C3)c(=S)s2)c1C. The van der Waals surface area contributed by atoms with Crippen molar-refractivity contribution in [2.45, 2.75) is 46.8 Å². The first kappa shape index (κ1) is 21.4. The molecule has 0 spiro atoms. The van der Waals surface area contributed by atoms with Gasteiger partial charge in [-0.15, -0.1) is 5.10 Å². The van der Waals surface area contributed by atoms with Crippen LogP contribution in [0.3, 0.4) is 0 Å². The fourth-order valence-corrected chi connectivity index (χ4v) is 6.24. The molecule has 28 heavy (non-hydrogen) atoms. The highest BCUT2D eigenvalue weighted by atomic mass is 32.2. The van der Waals surface area contributed by atoms with Gasteiger partial charge in [0.1, 0.15) is 0 Å². The van der Waals surface area contributed by atoms with Crippen molar-refractivity contribution in [1.29, 1.82) is 0 Å². The van der Waals surface area contributed by atoms with E-state index >= 15 is 0 Å². The number of benzene rings is 1. The van der Waals surface area contributed by atoms with Gasteiger partial charge in [-0.3, -0.25) is 4.90 Å². The maximum Gasteiger partial charge on any atom is 0.209 e. The maximum absolute atomic E-state index is 11.9. The van der Waals surface area contributed by atoms with Crippen molar-refractivity contribution in [3.8, 4) is 0 Å². The number of nitrogens with zero attached hydrogens (tertiary/aromatic N) is 3. The third kappa shape index (κ3) is 5.20.